The Morgan fingerprint density at radius 1 is 1.42 bits per heavy atom. The summed E-state index contributed by atoms with van der Waals surface area (Å²) in [6, 6.07) is 5.26. The minimum Gasteiger partial charge on any atom is -0.496 e. The van der Waals surface area contributed by atoms with E-state index in [1.54, 1.807) is 25.3 Å². The molecule has 0 unspecified atom stereocenters. The number of aromatic nitrogens is 2. The van der Waals surface area contributed by atoms with Gasteiger partial charge in [-0.1, -0.05) is 16.8 Å². The second kappa shape index (κ2) is 5.19. The molecule has 2 rings (SSSR count). The minimum atomic E-state index is -0.395. The highest BCUT2D eigenvalue weighted by atomic mass is 35.5. The third-order valence-corrected chi connectivity index (χ3v) is 2.71. The summed E-state index contributed by atoms with van der Waals surface area (Å²) in [6.45, 7) is 3.81. The second-order valence-corrected chi connectivity index (χ2v) is 5.46. The van der Waals surface area contributed by atoms with Crippen LogP contribution in [0.4, 0.5) is 0 Å². The maximum Gasteiger partial charge on any atom is 0.228 e. The Bertz CT molecular complexity index is 576. The van der Waals surface area contributed by atoms with Gasteiger partial charge < -0.3 is 15.0 Å². The first-order valence-electron chi connectivity index (χ1n) is 5.84. The first-order chi connectivity index (χ1) is 8.89. The van der Waals surface area contributed by atoms with E-state index in [-0.39, 0.29) is 0 Å². The van der Waals surface area contributed by atoms with Crippen LogP contribution >= 0.6 is 11.6 Å². The van der Waals surface area contributed by atoms with Gasteiger partial charge in [0.1, 0.15) is 5.75 Å². The number of hydrogen-bond acceptors (Lipinski definition) is 5. The molecule has 1 aromatic carbocycles. The molecular formula is C13H16ClN3O2. The lowest BCUT2D eigenvalue weighted by molar-refractivity contribution is 0.348. The van der Waals surface area contributed by atoms with Crippen molar-refractivity contribution in [3.05, 3.63) is 29.1 Å². The molecular weight excluding hydrogens is 266 g/mol. The van der Waals surface area contributed by atoms with E-state index in [0.29, 0.717) is 28.9 Å². The molecule has 0 fully saturated rings. The Hall–Kier alpha value is -1.59. The fourth-order valence-corrected chi connectivity index (χ4v) is 1.84. The first kappa shape index (κ1) is 13.8. The van der Waals surface area contributed by atoms with E-state index in [0.717, 1.165) is 5.56 Å². The molecule has 0 saturated heterocycles. The van der Waals surface area contributed by atoms with Crippen molar-refractivity contribution in [1.82, 2.24) is 10.1 Å². The monoisotopic (exact) mass is 281 g/mol. The predicted octanol–water partition coefficient (Wildman–Crippen LogP) is 2.68. The van der Waals surface area contributed by atoms with Gasteiger partial charge in [-0.3, -0.25) is 0 Å². The highest BCUT2D eigenvalue weighted by Crippen LogP contribution is 2.30. The molecule has 0 atom stereocenters. The molecule has 0 amide bonds. The Balaban J connectivity index is 2.33. The van der Waals surface area contributed by atoms with Crippen molar-refractivity contribution in [3.63, 3.8) is 0 Å². The number of halogens is 1. The maximum atomic E-state index is 5.92. The summed E-state index contributed by atoms with van der Waals surface area (Å²) < 4.78 is 10.5. The van der Waals surface area contributed by atoms with Crippen molar-refractivity contribution in [3.8, 4) is 17.1 Å². The number of nitrogens with zero attached hydrogens (tertiary/aromatic N) is 2. The molecule has 1 aromatic heterocycles. The van der Waals surface area contributed by atoms with Crippen LogP contribution in [0.25, 0.3) is 11.4 Å². The third kappa shape index (κ3) is 3.45. The van der Waals surface area contributed by atoms with E-state index in [9.17, 15) is 0 Å². The van der Waals surface area contributed by atoms with Gasteiger partial charge in [-0.25, -0.2) is 0 Å². The van der Waals surface area contributed by atoms with Crippen LogP contribution < -0.4 is 10.5 Å². The summed E-state index contributed by atoms with van der Waals surface area (Å²) in [5, 5.41) is 4.53. The normalized spacial score (nSPS) is 11.6. The average Bonchev–Trinajstić information content (AvgIpc) is 2.74. The van der Waals surface area contributed by atoms with Crippen LogP contribution in [-0.2, 0) is 6.42 Å². The fourth-order valence-electron chi connectivity index (χ4n) is 1.68. The van der Waals surface area contributed by atoms with Crippen LogP contribution in [-0.4, -0.2) is 22.8 Å². The van der Waals surface area contributed by atoms with Crippen LogP contribution in [0.15, 0.2) is 22.7 Å². The van der Waals surface area contributed by atoms with Crippen LogP contribution in [0, 0.1) is 0 Å². The molecule has 0 radical (unpaired) electrons. The molecule has 5 nitrogen and oxygen atoms in total. The van der Waals surface area contributed by atoms with E-state index in [1.807, 2.05) is 13.8 Å². The summed E-state index contributed by atoms with van der Waals surface area (Å²) in [6.07, 6.45) is 0.510. The van der Waals surface area contributed by atoms with Gasteiger partial charge in [0.25, 0.3) is 0 Å². The van der Waals surface area contributed by atoms with Crippen molar-refractivity contribution in [2.45, 2.75) is 25.8 Å². The SMILES string of the molecule is COc1cc(Cl)ccc1-c1noc(CC(C)(C)N)n1. The van der Waals surface area contributed by atoms with Gasteiger partial charge in [-0.05, 0) is 32.0 Å². The van der Waals surface area contributed by atoms with Crippen LogP contribution in [0.5, 0.6) is 5.75 Å². The standard InChI is InChI=1S/C13H16ClN3O2/c1-13(2,15)7-11-16-12(17-19-11)9-5-4-8(14)6-10(9)18-3/h4-6H,7,15H2,1-3H3. The van der Waals surface area contributed by atoms with E-state index in [1.165, 1.54) is 0 Å². The molecule has 0 spiro atoms. The molecule has 102 valence electrons. The van der Waals surface area contributed by atoms with Gasteiger partial charge in [0, 0.05) is 17.0 Å². The van der Waals surface area contributed by atoms with Crippen molar-refractivity contribution >= 4 is 11.6 Å². The lowest BCUT2D eigenvalue weighted by Gasteiger charge is -2.14. The second-order valence-electron chi connectivity index (χ2n) is 5.02. The Labute approximate surface area is 116 Å². The quantitative estimate of drug-likeness (QED) is 0.932. The largest absolute Gasteiger partial charge is 0.496 e. The zero-order valence-corrected chi connectivity index (χ0v) is 11.9. The number of rotatable bonds is 4. The zero-order valence-electron chi connectivity index (χ0n) is 11.1. The van der Waals surface area contributed by atoms with Crippen molar-refractivity contribution < 1.29 is 9.26 Å². The smallest absolute Gasteiger partial charge is 0.228 e. The molecule has 6 heteroatoms. The first-order valence-corrected chi connectivity index (χ1v) is 6.22. The maximum absolute atomic E-state index is 5.92. The zero-order chi connectivity index (χ0) is 14.0. The summed E-state index contributed by atoms with van der Waals surface area (Å²) in [5.41, 5.74) is 6.26. The Morgan fingerprint density at radius 2 is 2.16 bits per heavy atom. The molecule has 0 bridgehead atoms. The van der Waals surface area contributed by atoms with E-state index in [4.69, 9.17) is 26.6 Å². The minimum absolute atomic E-state index is 0.395. The van der Waals surface area contributed by atoms with Gasteiger partial charge in [0.15, 0.2) is 0 Å². The van der Waals surface area contributed by atoms with Gasteiger partial charge in [0.05, 0.1) is 12.7 Å². The number of nitrogens with two attached hydrogens (primary N) is 1. The van der Waals surface area contributed by atoms with Crippen molar-refractivity contribution in [2.24, 2.45) is 5.73 Å². The van der Waals surface area contributed by atoms with E-state index >= 15 is 0 Å². The van der Waals surface area contributed by atoms with Crippen molar-refractivity contribution in [2.75, 3.05) is 7.11 Å². The summed E-state index contributed by atoms with van der Waals surface area (Å²) in [7, 11) is 1.57. The van der Waals surface area contributed by atoms with Crippen molar-refractivity contribution in [1.29, 1.82) is 0 Å². The van der Waals surface area contributed by atoms with E-state index in [2.05, 4.69) is 10.1 Å². The highest BCUT2D eigenvalue weighted by Gasteiger charge is 2.19. The average molecular weight is 282 g/mol. The fraction of sp³-hybridized carbons (Fsp3) is 0.385. The Kier molecular flexibility index (Phi) is 3.78. The molecule has 1 heterocycles. The summed E-state index contributed by atoms with van der Waals surface area (Å²) in [5.74, 6) is 1.57. The van der Waals surface area contributed by atoms with Crippen LogP contribution in [0.3, 0.4) is 0 Å². The summed E-state index contributed by atoms with van der Waals surface area (Å²) >= 11 is 5.91. The topological polar surface area (TPSA) is 74.2 Å². The van der Waals surface area contributed by atoms with Gasteiger partial charge in [-0.2, -0.15) is 4.98 Å². The van der Waals surface area contributed by atoms with E-state index < -0.39 is 5.54 Å². The van der Waals surface area contributed by atoms with Crippen LogP contribution in [0.1, 0.15) is 19.7 Å². The van der Waals surface area contributed by atoms with Crippen LogP contribution in [0.2, 0.25) is 5.02 Å². The molecule has 2 N–H and O–H groups in total. The predicted molar refractivity (Wildman–Crippen MR) is 73.3 cm³/mol. The lowest BCUT2D eigenvalue weighted by Crippen LogP contribution is -2.34. The Morgan fingerprint density at radius 3 is 2.79 bits per heavy atom. The molecule has 0 aliphatic heterocycles. The number of benzene rings is 1. The molecule has 0 aliphatic carbocycles. The number of methoxy groups -OCH3 is 1. The lowest BCUT2D eigenvalue weighted by atomic mass is 10.0. The summed E-state index contributed by atoms with van der Waals surface area (Å²) in [4.78, 5) is 4.32. The molecule has 0 saturated carbocycles. The third-order valence-electron chi connectivity index (χ3n) is 2.48. The molecule has 2 aromatic rings. The highest BCUT2D eigenvalue weighted by molar-refractivity contribution is 6.30. The number of ether oxygens (including phenoxy) is 1. The van der Waals surface area contributed by atoms with Gasteiger partial charge in [0.2, 0.25) is 11.7 Å². The molecule has 0 aliphatic rings. The van der Waals surface area contributed by atoms with Gasteiger partial charge >= 0.3 is 0 Å². The number of hydrogen-bond donors (Lipinski definition) is 1. The van der Waals surface area contributed by atoms with Gasteiger partial charge in [-0.15, -0.1) is 0 Å². The molecule has 19 heavy (non-hydrogen) atoms.